The molecule has 0 aromatic carbocycles. The predicted molar refractivity (Wildman–Crippen MR) is 331 cm³/mol. The molecule has 0 fully saturated rings. The van der Waals surface area contributed by atoms with Crippen molar-refractivity contribution in [2.45, 2.75) is 360 Å². The zero-order valence-electron chi connectivity index (χ0n) is 49.9. The first kappa shape index (κ1) is 71.8. The highest BCUT2D eigenvalue weighted by atomic mass is 16.3. The molecule has 0 radical (unpaired) electrons. The molecule has 74 heavy (non-hydrogen) atoms. The maximum atomic E-state index is 12.5. The fraction of sp³-hybridized carbons (Fsp3) is 0.814. The van der Waals surface area contributed by atoms with Crippen LogP contribution in [0.4, 0.5) is 0 Å². The van der Waals surface area contributed by atoms with E-state index >= 15 is 0 Å². The number of rotatable bonds is 61. The quantitative estimate of drug-likeness (QED) is 0.0420. The zero-order chi connectivity index (χ0) is 53.4. The van der Waals surface area contributed by atoms with Crippen LogP contribution >= 0.6 is 0 Å². The second-order valence-electron chi connectivity index (χ2n) is 22.5. The Labute approximate surface area is 463 Å². The molecule has 0 aliphatic carbocycles. The summed E-state index contributed by atoms with van der Waals surface area (Å²) in [5.41, 5.74) is 0. The number of carbonyl (C=O) groups is 1. The third-order valence-corrected chi connectivity index (χ3v) is 15.1. The minimum atomic E-state index is -0.872. The molecule has 0 saturated heterocycles. The Kier molecular flexibility index (Phi) is 63.2. The van der Waals surface area contributed by atoms with Crippen LogP contribution in [0.5, 0.6) is 0 Å². The van der Waals surface area contributed by atoms with Crippen molar-refractivity contribution in [3.05, 3.63) is 72.9 Å². The lowest BCUT2D eigenvalue weighted by Crippen LogP contribution is -2.45. The summed E-state index contributed by atoms with van der Waals surface area (Å²) in [6.07, 6.45) is 94.1. The molecule has 0 spiro atoms. The summed E-state index contributed by atoms with van der Waals surface area (Å²) in [4.78, 5) is 12.5. The molecule has 0 saturated carbocycles. The average Bonchev–Trinajstić information content (AvgIpc) is 3.40. The Balaban J connectivity index is 3.45. The van der Waals surface area contributed by atoms with E-state index in [1.165, 1.54) is 276 Å². The van der Waals surface area contributed by atoms with E-state index in [9.17, 15) is 15.0 Å². The lowest BCUT2D eigenvalue weighted by atomic mass is 10.0. The van der Waals surface area contributed by atoms with Gasteiger partial charge in [-0.05, 0) is 83.5 Å². The van der Waals surface area contributed by atoms with E-state index in [2.05, 4.69) is 79.9 Å². The Bertz CT molecular complexity index is 1260. The molecule has 0 aromatic heterocycles. The molecule has 0 aliphatic heterocycles. The van der Waals surface area contributed by atoms with Crippen LogP contribution < -0.4 is 5.32 Å². The molecule has 4 nitrogen and oxygen atoms in total. The summed E-state index contributed by atoms with van der Waals surface area (Å²) in [5.74, 6) is -0.0730. The average molecular weight is 1030 g/mol. The van der Waals surface area contributed by atoms with Crippen LogP contribution in [0.2, 0.25) is 0 Å². The van der Waals surface area contributed by atoms with Crippen LogP contribution in [0.15, 0.2) is 72.9 Å². The highest BCUT2D eigenvalue weighted by Gasteiger charge is 2.18. The number of hydrogen-bond acceptors (Lipinski definition) is 3. The maximum Gasteiger partial charge on any atom is 0.220 e. The van der Waals surface area contributed by atoms with Crippen LogP contribution in [0, 0.1) is 0 Å². The van der Waals surface area contributed by atoms with Gasteiger partial charge in [-0.15, -0.1) is 0 Å². The van der Waals surface area contributed by atoms with Crippen molar-refractivity contribution in [3.63, 3.8) is 0 Å². The van der Waals surface area contributed by atoms with Crippen LogP contribution in [0.25, 0.3) is 0 Å². The van der Waals surface area contributed by atoms with Gasteiger partial charge in [0.15, 0.2) is 0 Å². The molecule has 3 N–H and O–H groups in total. The van der Waals surface area contributed by atoms with Crippen LogP contribution in [0.3, 0.4) is 0 Å². The molecule has 432 valence electrons. The monoisotopic (exact) mass is 1030 g/mol. The maximum absolute atomic E-state index is 12.5. The van der Waals surface area contributed by atoms with E-state index in [1.54, 1.807) is 6.08 Å². The number of hydrogen-bond donors (Lipinski definition) is 3. The summed E-state index contributed by atoms with van der Waals surface area (Å²) in [7, 11) is 0. The van der Waals surface area contributed by atoms with E-state index in [4.69, 9.17) is 0 Å². The lowest BCUT2D eigenvalue weighted by molar-refractivity contribution is -0.123. The third-order valence-electron chi connectivity index (χ3n) is 15.1. The highest BCUT2D eigenvalue weighted by molar-refractivity contribution is 5.76. The third kappa shape index (κ3) is 60.7. The van der Waals surface area contributed by atoms with E-state index in [1.807, 2.05) is 6.08 Å². The first-order chi connectivity index (χ1) is 36.7. The van der Waals surface area contributed by atoms with Crippen LogP contribution in [-0.4, -0.2) is 34.9 Å². The van der Waals surface area contributed by atoms with Crippen molar-refractivity contribution in [1.29, 1.82) is 0 Å². The van der Waals surface area contributed by atoms with Gasteiger partial charge in [0.25, 0.3) is 0 Å². The number of carbonyl (C=O) groups excluding carboxylic acids is 1. The zero-order valence-corrected chi connectivity index (χ0v) is 49.9. The number of amides is 1. The number of allylic oxidation sites excluding steroid dienone is 11. The van der Waals surface area contributed by atoms with Crippen molar-refractivity contribution >= 4 is 5.91 Å². The summed E-state index contributed by atoms with van der Waals surface area (Å²) in [5, 5.41) is 23.2. The predicted octanol–water partition coefficient (Wildman–Crippen LogP) is 22.5. The Morgan fingerprint density at radius 1 is 0.324 bits per heavy atom. The smallest absolute Gasteiger partial charge is 0.220 e. The molecule has 0 aromatic rings. The molecule has 1 amide bonds. The summed E-state index contributed by atoms with van der Waals surface area (Å²) in [6, 6.07) is -0.647. The minimum Gasteiger partial charge on any atom is -0.394 e. The summed E-state index contributed by atoms with van der Waals surface area (Å²) < 4.78 is 0. The first-order valence-corrected chi connectivity index (χ1v) is 33.2. The highest BCUT2D eigenvalue weighted by Crippen LogP contribution is 2.18. The second kappa shape index (κ2) is 65.1. The van der Waals surface area contributed by atoms with E-state index in [0.717, 1.165) is 51.4 Å². The minimum absolute atomic E-state index is 0.0730. The van der Waals surface area contributed by atoms with E-state index < -0.39 is 12.1 Å². The first-order valence-electron chi connectivity index (χ1n) is 33.2. The van der Waals surface area contributed by atoms with Gasteiger partial charge in [0.05, 0.1) is 18.8 Å². The molecular weight excluding hydrogens is 903 g/mol. The summed E-state index contributed by atoms with van der Waals surface area (Å²) >= 11 is 0. The SMILES string of the molecule is CCCCCCC/C=C\C/C=C\C/C=C\CCCCCCCCCCCCCCCCCCCCCCCCCCCCC(=O)NC(CO)C(O)/C=C/CC/C=C/CC/C=C/CCCCCCCCCCCCC. The standard InChI is InChI=1S/C70H129NO3/c1-3-5-7-9-11-13-15-17-19-21-23-25-26-27-28-29-30-31-32-33-34-35-36-37-38-39-40-41-42-43-44-46-48-50-52-54-56-58-60-62-64-66-70(74)71-68(67-72)69(73)65-63-61-59-57-55-53-51-49-47-45-24-22-20-18-16-14-12-10-8-6-4-2/h15,17,21,23,26-27,47,49,55,57,63,65,68-69,72-73H,3-14,16,18-20,22,24-25,28-46,48,50-54,56,58-62,64,66-67H2,1-2H3,(H,71,74)/b17-15-,23-21-,27-26-,49-47+,57-55+,65-63+. The molecule has 2 unspecified atom stereocenters. The van der Waals surface area contributed by atoms with Gasteiger partial charge < -0.3 is 15.5 Å². The normalized spacial score (nSPS) is 13.2. The molecule has 4 heteroatoms. The van der Waals surface area contributed by atoms with Gasteiger partial charge in [-0.2, -0.15) is 0 Å². The molecule has 0 aliphatic rings. The Morgan fingerprint density at radius 2 is 0.568 bits per heavy atom. The number of nitrogens with one attached hydrogen (secondary N) is 1. The number of aliphatic hydroxyl groups excluding tert-OH is 2. The fourth-order valence-corrected chi connectivity index (χ4v) is 10.1. The Hall–Kier alpha value is -2.17. The van der Waals surface area contributed by atoms with E-state index in [0.29, 0.717) is 6.42 Å². The number of aliphatic hydroxyl groups is 2. The van der Waals surface area contributed by atoms with Gasteiger partial charge in [0.2, 0.25) is 5.91 Å². The summed E-state index contributed by atoms with van der Waals surface area (Å²) in [6.45, 7) is 4.31. The number of unbranched alkanes of at least 4 members (excludes halogenated alkanes) is 44. The molecule has 0 heterocycles. The van der Waals surface area contributed by atoms with Crippen molar-refractivity contribution in [3.8, 4) is 0 Å². The Morgan fingerprint density at radius 3 is 0.878 bits per heavy atom. The second-order valence-corrected chi connectivity index (χ2v) is 22.5. The molecule has 2 atom stereocenters. The van der Waals surface area contributed by atoms with Gasteiger partial charge >= 0.3 is 0 Å². The van der Waals surface area contributed by atoms with Crippen LogP contribution in [0.1, 0.15) is 348 Å². The van der Waals surface area contributed by atoms with Gasteiger partial charge in [-0.25, -0.2) is 0 Å². The van der Waals surface area contributed by atoms with Gasteiger partial charge in [-0.3, -0.25) is 4.79 Å². The van der Waals surface area contributed by atoms with Crippen molar-refractivity contribution in [1.82, 2.24) is 5.32 Å². The molecule has 0 bridgehead atoms. The van der Waals surface area contributed by atoms with Crippen molar-refractivity contribution in [2.75, 3.05) is 6.61 Å². The largest absolute Gasteiger partial charge is 0.394 e. The van der Waals surface area contributed by atoms with Gasteiger partial charge in [0, 0.05) is 6.42 Å². The molecular formula is C70H129NO3. The van der Waals surface area contributed by atoms with Gasteiger partial charge in [0.1, 0.15) is 0 Å². The van der Waals surface area contributed by atoms with Crippen LogP contribution in [-0.2, 0) is 4.79 Å². The topological polar surface area (TPSA) is 69.6 Å². The van der Waals surface area contributed by atoms with Crippen molar-refractivity contribution < 1.29 is 15.0 Å². The fourth-order valence-electron chi connectivity index (χ4n) is 10.1. The molecule has 0 rings (SSSR count). The van der Waals surface area contributed by atoms with E-state index in [-0.39, 0.29) is 12.5 Å². The van der Waals surface area contributed by atoms with Crippen molar-refractivity contribution in [2.24, 2.45) is 0 Å². The lowest BCUT2D eigenvalue weighted by Gasteiger charge is -2.19. The van der Waals surface area contributed by atoms with Gasteiger partial charge in [-0.1, -0.05) is 331 Å².